The second kappa shape index (κ2) is 9.59. The summed E-state index contributed by atoms with van der Waals surface area (Å²) < 4.78 is 5.98. The first kappa shape index (κ1) is 18.7. The molecule has 1 unspecified atom stereocenters. The first-order chi connectivity index (χ1) is 12.7. The lowest BCUT2D eigenvalue weighted by Crippen LogP contribution is -2.47. The summed E-state index contributed by atoms with van der Waals surface area (Å²) in [7, 11) is 0. The third-order valence-corrected chi connectivity index (χ3v) is 5.18. The van der Waals surface area contributed by atoms with E-state index in [1.807, 2.05) is 35.4 Å². The molecular formula is C20H25N3O2S. The van der Waals surface area contributed by atoms with Crippen LogP contribution in [-0.4, -0.2) is 41.4 Å². The Kier molecular flexibility index (Phi) is 6.91. The molecule has 1 N–H and O–H groups in total. The normalized spacial score (nSPS) is 17.1. The number of piperidine rings is 1. The van der Waals surface area contributed by atoms with Crippen LogP contribution in [0.1, 0.15) is 24.0 Å². The molecule has 0 radical (unpaired) electrons. The fourth-order valence-electron chi connectivity index (χ4n) is 3.03. The number of carbonyl (C=O) groups is 1. The van der Waals surface area contributed by atoms with E-state index in [0.717, 1.165) is 30.5 Å². The minimum atomic E-state index is -0.0192. The first-order valence-electron chi connectivity index (χ1n) is 8.91. The molecule has 1 aromatic heterocycles. The van der Waals surface area contributed by atoms with Crippen LogP contribution in [0.15, 0.2) is 53.7 Å². The molecule has 138 valence electrons. The van der Waals surface area contributed by atoms with Crippen molar-refractivity contribution in [2.75, 3.05) is 19.3 Å². The number of thioether (sulfide) groups is 1. The van der Waals surface area contributed by atoms with Gasteiger partial charge in [-0.25, -0.2) is 4.79 Å². The molecule has 2 heterocycles. The van der Waals surface area contributed by atoms with E-state index in [4.69, 9.17) is 4.74 Å². The van der Waals surface area contributed by atoms with Crippen molar-refractivity contribution < 1.29 is 9.53 Å². The second-order valence-electron chi connectivity index (χ2n) is 6.39. The van der Waals surface area contributed by atoms with Crippen LogP contribution in [0.3, 0.4) is 0 Å². The van der Waals surface area contributed by atoms with Crippen molar-refractivity contribution in [1.82, 2.24) is 15.2 Å². The number of amides is 2. The summed E-state index contributed by atoms with van der Waals surface area (Å²) in [5.74, 6) is 0. The van der Waals surface area contributed by atoms with Crippen molar-refractivity contribution in [3.8, 4) is 0 Å². The molecule has 1 fully saturated rings. The molecule has 2 amide bonds. The van der Waals surface area contributed by atoms with Crippen molar-refractivity contribution in [1.29, 1.82) is 0 Å². The highest BCUT2D eigenvalue weighted by Crippen LogP contribution is 2.17. The van der Waals surface area contributed by atoms with Gasteiger partial charge in [-0.2, -0.15) is 0 Å². The van der Waals surface area contributed by atoms with E-state index < -0.39 is 0 Å². The van der Waals surface area contributed by atoms with Crippen molar-refractivity contribution >= 4 is 17.8 Å². The molecule has 2 aromatic rings. The molecular weight excluding hydrogens is 346 g/mol. The van der Waals surface area contributed by atoms with Crippen LogP contribution in [-0.2, 0) is 17.9 Å². The number of aromatic nitrogens is 1. The number of pyridine rings is 1. The Morgan fingerprint density at radius 1 is 1.35 bits per heavy atom. The summed E-state index contributed by atoms with van der Waals surface area (Å²) in [4.78, 5) is 19.7. The highest BCUT2D eigenvalue weighted by molar-refractivity contribution is 7.98. The van der Waals surface area contributed by atoms with Gasteiger partial charge in [0.25, 0.3) is 0 Å². The Labute approximate surface area is 159 Å². The van der Waals surface area contributed by atoms with Crippen LogP contribution in [0, 0.1) is 0 Å². The van der Waals surface area contributed by atoms with Gasteiger partial charge in [0.15, 0.2) is 0 Å². The summed E-state index contributed by atoms with van der Waals surface area (Å²) in [6.07, 6.45) is 7.65. The molecule has 1 atom stereocenters. The first-order valence-corrected chi connectivity index (χ1v) is 10.1. The molecule has 1 aliphatic rings. The van der Waals surface area contributed by atoms with Crippen LogP contribution in [0.2, 0.25) is 0 Å². The molecule has 3 rings (SSSR count). The molecule has 26 heavy (non-hydrogen) atoms. The van der Waals surface area contributed by atoms with Crippen LogP contribution >= 0.6 is 11.8 Å². The van der Waals surface area contributed by atoms with Crippen LogP contribution < -0.4 is 5.32 Å². The second-order valence-corrected chi connectivity index (χ2v) is 7.27. The Morgan fingerprint density at radius 2 is 2.23 bits per heavy atom. The molecule has 1 saturated heterocycles. The Bertz CT molecular complexity index is 711. The van der Waals surface area contributed by atoms with E-state index >= 15 is 0 Å². The van der Waals surface area contributed by atoms with E-state index in [1.54, 1.807) is 18.0 Å². The van der Waals surface area contributed by atoms with Crippen molar-refractivity contribution in [2.45, 2.75) is 37.0 Å². The maximum atomic E-state index is 12.5. The zero-order valence-electron chi connectivity index (χ0n) is 15.1. The molecule has 0 bridgehead atoms. The average molecular weight is 372 g/mol. The maximum Gasteiger partial charge on any atom is 0.317 e. The third kappa shape index (κ3) is 5.47. The van der Waals surface area contributed by atoms with Crippen molar-refractivity contribution in [3.63, 3.8) is 0 Å². The van der Waals surface area contributed by atoms with E-state index in [0.29, 0.717) is 19.7 Å². The number of likely N-dealkylation sites (tertiary alicyclic amines) is 1. The molecule has 6 heteroatoms. The minimum absolute atomic E-state index is 0.0192. The number of benzene rings is 1. The Morgan fingerprint density at radius 3 is 3.04 bits per heavy atom. The zero-order chi connectivity index (χ0) is 18.2. The SMILES string of the molecule is CSc1cccc(CNC(=O)N2CCCC(OCc3cccnc3)C2)c1. The van der Waals surface area contributed by atoms with Gasteiger partial charge in [-0.15, -0.1) is 11.8 Å². The standard InChI is InChI=1S/C20H25N3O2S/c1-26-19-8-2-5-16(11-19)13-22-20(24)23-10-4-7-18(14-23)25-15-17-6-3-9-21-12-17/h2-3,5-6,8-9,11-12,18H,4,7,10,13-15H2,1H3,(H,22,24). The number of rotatable bonds is 6. The molecule has 1 aromatic carbocycles. The fourth-order valence-corrected chi connectivity index (χ4v) is 3.51. The molecule has 0 spiro atoms. The third-order valence-electron chi connectivity index (χ3n) is 4.45. The van der Waals surface area contributed by atoms with E-state index in [2.05, 4.69) is 28.7 Å². The maximum absolute atomic E-state index is 12.5. The summed E-state index contributed by atoms with van der Waals surface area (Å²) in [6.45, 7) is 2.50. The summed E-state index contributed by atoms with van der Waals surface area (Å²) in [5.41, 5.74) is 2.18. The number of ether oxygens (including phenoxy) is 1. The minimum Gasteiger partial charge on any atom is -0.372 e. The van der Waals surface area contributed by atoms with Crippen LogP contribution in [0.4, 0.5) is 4.79 Å². The topological polar surface area (TPSA) is 54.5 Å². The quantitative estimate of drug-likeness (QED) is 0.787. The van der Waals surface area contributed by atoms with Gasteiger partial charge in [0, 0.05) is 36.9 Å². The fraction of sp³-hybridized carbons (Fsp3) is 0.400. The number of nitrogens with zero attached hydrogens (tertiary/aromatic N) is 2. The number of hydrogen-bond acceptors (Lipinski definition) is 4. The molecule has 0 saturated carbocycles. The van der Waals surface area contributed by atoms with E-state index in [-0.39, 0.29) is 12.1 Å². The number of urea groups is 1. The van der Waals surface area contributed by atoms with Crippen molar-refractivity contribution in [3.05, 3.63) is 59.9 Å². The van der Waals surface area contributed by atoms with E-state index in [1.165, 1.54) is 4.90 Å². The van der Waals surface area contributed by atoms with Crippen molar-refractivity contribution in [2.24, 2.45) is 0 Å². The van der Waals surface area contributed by atoms with Gasteiger partial charge in [-0.1, -0.05) is 18.2 Å². The molecule has 5 nitrogen and oxygen atoms in total. The van der Waals surface area contributed by atoms with Gasteiger partial charge < -0.3 is 15.0 Å². The smallest absolute Gasteiger partial charge is 0.317 e. The lowest BCUT2D eigenvalue weighted by Gasteiger charge is -2.32. The summed E-state index contributed by atoms with van der Waals surface area (Å²) in [5, 5.41) is 3.03. The molecule has 0 aliphatic carbocycles. The Balaban J connectivity index is 1.46. The number of hydrogen-bond donors (Lipinski definition) is 1. The van der Waals surface area contributed by atoms with Gasteiger partial charge in [0.1, 0.15) is 0 Å². The van der Waals surface area contributed by atoms with Gasteiger partial charge in [0.05, 0.1) is 12.7 Å². The van der Waals surface area contributed by atoms with Gasteiger partial charge in [-0.3, -0.25) is 4.98 Å². The lowest BCUT2D eigenvalue weighted by atomic mass is 10.1. The highest BCUT2D eigenvalue weighted by atomic mass is 32.2. The monoisotopic (exact) mass is 371 g/mol. The number of nitrogens with one attached hydrogen (secondary N) is 1. The average Bonchev–Trinajstić information content (AvgIpc) is 2.71. The van der Waals surface area contributed by atoms with Crippen LogP contribution in [0.25, 0.3) is 0 Å². The van der Waals surface area contributed by atoms with Gasteiger partial charge in [-0.05, 0) is 48.4 Å². The number of carbonyl (C=O) groups excluding carboxylic acids is 1. The predicted molar refractivity (Wildman–Crippen MR) is 104 cm³/mol. The highest BCUT2D eigenvalue weighted by Gasteiger charge is 2.24. The lowest BCUT2D eigenvalue weighted by molar-refractivity contribution is -0.000459. The summed E-state index contributed by atoms with van der Waals surface area (Å²) in [6, 6.07) is 12.1. The van der Waals surface area contributed by atoms with E-state index in [9.17, 15) is 4.79 Å². The molecule has 1 aliphatic heterocycles. The Hall–Kier alpha value is -2.05. The largest absolute Gasteiger partial charge is 0.372 e. The van der Waals surface area contributed by atoms with Gasteiger partial charge >= 0.3 is 6.03 Å². The predicted octanol–water partition coefficient (Wildman–Crippen LogP) is 3.69. The van der Waals surface area contributed by atoms with Gasteiger partial charge in [0.2, 0.25) is 0 Å². The zero-order valence-corrected chi connectivity index (χ0v) is 15.9. The van der Waals surface area contributed by atoms with Crippen LogP contribution in [0.5, 0.6) is 0 Å². The summed E-state index contributed by atoms with van der Waals surface area (Å²) >= 11 is 1.71.